The molecular weight excluding hydrogens is 200 g/mol. The first-order chi connectivity index (χ1) is 6.91. The summed E-state index contributed by atoms with van der Waals surface area (Å²) in [6.07, 6.45) is 0.248. The molecule has 1 atom stereocenters. The number of carboxylic acid groups (broad SMARTS) is 2. The van der Waals surface area contributed by atoms with Crippen LogP contribution in [0.5, 0.6) is 0 Å². The molecule has 3 N–H and O–H groups in total. The fraction of sp³-hybridized carbons (Fsp3) is 0.600. The molecule has 0 aliphatic carbocycles. The normalized spacial score (nSPS) is 14.3. The van der Waals surface area contributed by atoms with Gasteiger partial charge in [-0.2, -0.15) is 0 Å². The number of aliphatic carboxylic acids is 2. The maximum absolute atomic E-state index is 10.8. The number of aliphatic hydroxyl groups is 1. The van der Waals surface area contributed by atoms with Gasteiger partial charge in [-0.25, -0.2) is 9.59 Å². The molecule has 0 aliphatic heterocycles. The summed E-state index contributed by atoms with van der Waals surface area (Å²) in [5.74, 6) is -2.65. The van der Waals surface area contributed by atoms with Crippen molar-refractivity contribution in [2.24, 2.45) is 0 Å². The van der Waals surface area contributed by atoms with Gasteiger partial charge in [-0.05, 0) is 19.8 Å². The minimum Gasteiger partial charge on any atom is -0.478 e. The van der Waals surface area contributed by atoms with E-state index >= 15 is 0 Å². The first-order valence-corrected chi connectivity index (χ1v) is 4.79. The van der Waals surface area contributed by atoms with Crippen LogP contribution in [0, 0.1) is 0 Å². The third-order valence-electron chi connectivity index (χ3n) is 2.01. The molecule has 0 heterocycles. The molecule has 0 saturated heterocycles. The zero-order chi connectivity index (χ0) is 12.0. The lowest BCUT2D eigenvalue weighted by atomic mass is 9.99. The number of carboxylic acids is 2. The number of carbonyl (C=O) groups is 2. The first kappa shape index (κ1) is 13.6. The van der Waals surface area contributed by atoms with Crippen LogP contribution in [0.15, 0.2) is 11.1 Å². The third kappa shape index (κ3) is 4.12. The fourth-order valence-electron chi connectivity index (χ4n) is 1.27. The standard InChI is InChI=1S/C10H16O5/c1-3-4-5-7(9(12)13)8(6(2)11)10(14)15/h6,11H,3-5H2,1-2H3,(H,12,13)(H,14,15)/b8-7+. The Morgan fingerprint density at radius 2 is 1.73 bits per heavy atom. The Balaban J connectivity index is 5.16. The second-order valence-electron chi connectivity index (χ2n) is 3.28. The highest BCUT2D eigenvalue weighted by Gasteiger charge is 2.23. The van der Waals surface area contributed by atoms with Crippen molar-refractivity contribution in [2.75, 3.05) is 0 Å². The van der Waals surface area contributed by atoms with Crippen LogP contribution < -0.4 is 0 Å². The summed E-state index contributed by atoms with van der Waals surface area (Å²) >= 11 is 0. The molecule has 0 bridgehead atoms. The number of aliphatic hydroxyl groups excluding tert-OH is 1. The predicted molar refractivity (Wildman–Crippen MR) is 53.5 cm³/mol. The molecule has 0 aromatic heterocycles. The largest absolute Gasteiger partial charge is 0.478 e. The van der Waals surface area contributed by atoms with Gasteiger partial charge in [0.25, 0.3) is 0 Å². The van der Waals surface area contributed by atoms with Crippen molar-refractivity contribution < 1.29 is 24.9 Å². The Morgan fingerprint density at radius 1 is 1.20 bits per heavy atom. The van der Waals surface area contributed by atoms with Crippen molar-refractivity contribution in [3.63, 3.8) is 0 Å². The molecule has 5 heteroatoms. The average Bonchev–Trinajstić information content (AvgIpc) is 2.09. The van der Waals surface area contributed by atoms with E-state index in [1.807, 2.05) is 6.92 Å². The topological polar surface area (TPSA) is 94.8 Å². The molecule has 0 amide bonds. The Kier molecular flexibility index (Phi) is 5.62. The second kappa shape index (κ2) is 6.19. The van der Waals surface area contributed by atoms with Gasteiger partial charge in [-0.1, -0.05) is 13.3 Å². The smallest absolute Gasteiger partial charge is 0.334 e. The third-order valence-corrected chi connectivity index (χ3v) is 2.01. The molecule has 0 radical (unpaired) electrons. The number of hydrogen-bond donors (Lipinski definition) is 3. The van der Waals surface area contributed by atoms with Crippen LogP contribution in [0.3, 0.4) is 0 Å². The maximum atomic E-state index is 10.8. The van der Waals surface area contributed by atoms with Gasteiger partial charge < -0.3 is 15.3 Å². The lowest BCUT2D eigenvalue weighted by Gasteiger charge is -2.10. The predicted octanol–water partition coefficient (Wildman–Crippen LogP) is 1.02. The van der Waals surface area contributed by atoms with Crippen molar-refractivity contribution in [1.29, 1.82) is 0 Å². The fourth-order valence-corrected chi connectivity index (χ4v) is 1.27. The summed E-state index contributed by atoms with van der Waals surface area (Å²) in [4.78, 5) is 21.6. The molecule has 0 saturated carbocycles. The average molecular weight is 216 g/mol. The molecule has 0 rings (SSSR count). The highest BCUT2D eigenvalue weighted by molar-refractivity contribution is 5.99. The molecule has 5 nitrogen and oxygen atoms in total. The monoisotopic (exact) mass is 216 g/mol. The van der Waals surface area contributed by atoms with Gasteiger partial charge in [-0.3, -0.25) is 0 Å². The molecular formula is C10H16O5. The lowest BCUT2D eigenvalue weighted by Crippen LogP contribution is -2.20. The van der Waals surface area contributed by atoms with Gasteiger partial charge in [0.2, 0.25) is 0 Å². The van der Waals surface area contributed by atoms with Crippen LogP contribution in [0.25, 0.3) is 0 Å². The number of rotatable bonds is 6. The van der Waals surface area contributed by atoms with E-state index in [-0.39, 0.29) is 12.0 Å². The first-order valence-electron chi connectivity index (χ1n) is 4.79. The zero-order valence-corrected chi connectivity index (χ0v) is 8.86. The van der Waals surface area contributed by atoms with Gasteiger partial charge >= 0.3 is 11.9 Å². The van der Waals surface area contributed by atoms with Crippen LogP contribution in [0.4, 0.5) is 0 Å². The lowest BCUT2D eigenvalue weighted by molar-refractivity contribution is -0.136. The number of unbranched alkanes of at least 4 members (excludes halogenated alkanes) is 1. The molecule has 1 unspecified atom stereocenters. The van der Waals surface area contributed by atoms with Gasteiger partial charge in [0.1, 0.15) is 0 Å². The van der Waals surface area contributed by atoms with Crippen LogP contribution >= 0.6 is 0 Å². The molecule has 86 valence electrons. The maximum Gasteiger partial charge on any atom is 0.334 e. The second-order valence-corrected chi connectivity index (χ2v) is 3.28. The van der Waals surface area contributed by atoms with E-state index in [2.05, 4.69) is 0 Å². The van der Waals surface area contributed by atoms with E-state index < -0.39 is 23.6 Å². The summed E-state index contributed by atoms with van der Waals surface area (Å²) in [6.45, 7) is 3.13. The van der Waals surface area contributed by atoms with E-state index in [0.29, 0.717) is 6.42 Å². The number of hydrogen-bond acceptors (Lipinski definition) is 3. The molecule has 0 aliphatic rings. The van der Waals surface area contributed by atoms with Crippen molar-refractivity contribution in [3.05, 3.63) is 11.1 Å². The summed E-state index contributed by atoms with van der Waals surface area (Å²) in [5, 5.41) is 26.8. The molecule has 0 fully saturated rings. The van der Waals surface area contributed by atoms with Crippen molar-refractivity contribution >= 4 is 11.9 Å². The van der Waals surface area contributed by atoms with Gasteiger partial charge in [0.05, 0.1) is 17.3 Å². The molecule has 0 aromatic rings. The van der Waals surface area contributed by atoms with Crippen LogP contribution in [-0.2, 0) is 9.59 Å². The molecule has 0 spiro atoms. The Morgan fingerprint density at radius 3 is 2.00 bits per heavy atom. The van der Waals surface area contributed by atoms with E-state index in [1.165, 1.54) is 6.92 Å². The zero-order valence-electron chi connectivity index (χ0n) is 8.86. The van der Waals surface area contributed by atoms with Crippen molar-refractivity contribution in [1.82, 2.24) is 0 Å². The van der Waals surface area contributed by atoms with Crippen LogP contribution in [0.2, 0.25) is 0 Å². The Labute approximate surface area is 88.0 Å². The van der Waals surface area contributed by atoms with Crippen LogP contribution in [-0.4, -0.2) is 33.4 Å². The minimum absolute atomic E-state index is 0.165. The summed E-state index contributed by atoms with van der Waals surface area (Å²) in [6, 6.07) is 0. The van der Waals surface area contributed by atoms with Crippen molar-refractivity contribution in [2.45, 2.75) is 39.2 Å². The summed E-state index contributed by atoms with van der Waals surface area (Å²) in [5.41, 5.74) is -0.629. The quantitative estimate of drug-likeness (QED) is 0.576. The SMILES string of the molecule is CCCC/C(C(=O)O)=C(\C(=O)O)C(C)O. The summed E-state index contributed by atoms with van der Waals surface area (Å²) in [7, 11) is 0. The van der Waals surface area contributed by atoms with E-state index in [9.17, 15) is 14.7 Å². The minimum atomic E-state index is -1.38. The van der Waals surface area contributed by atoms with Crippen LogP contribution in [0.1, 0.15) is 33.1 Å². The van der Waals surface area contributed by atoms with E-state index in [1.54, 1.807) is 0 Å². The highest BCUT2D eigenvalue weighted by Crippen LogP contribution is 2.16. The van der Waals surface area contributed by atoms with Crippen molar-refractivity contribution in [3.8, 4) is 0 Å². The van der Waals surface area contributed by atoms with E-state index in [4.69, 9.17) is 10.2 Å². The van der Waals surface area contributed by atoms with Gasteiger partial charge in [-0.15, -0.1) is 0 Å². The van der Waals surface area contributed by atoms with Gasteiger partial charge in [0, 0.05) is 0 Å². The summed E-state index contributed by atoms with van der Waals surface area (Å²) < 4.78 is 0. The highest BCUT2D eigenvalue weighted by atomic mass is 16.4. The Bertz CT molecular complexity index is 278. The Hall–Kier alpha value is -1.36. The van der Waals surface area contributed by atoms with E-state index in [0.717, 1.165) is 6.42 Å². The molecule has 15 heavy (non-hydrogen) atoms. The van der Waals surface area contributed by atoms with Gasteiger partial charge in [0.15, 0.2) is 0 Å². The molecule has 0 aromatic carbocycles.